The van der Waals surface area contributed by atoms with Gasteiger partial charge in [0.25, 0.3) is 5.91 Å². The molecular weight excluding hydrogens is 476 g/mol. The maximum atomic E-state index is 15.4. The minimum absolute atomic E-state index is 0.00464. The first-order valence-corrected chi connectivity index (χ1v) is 11.1. The first kappa shape index (κ1) is 24.0. The Morgan fingerprint density at radius 3 is 2.47 bits per heavy atom. The zero-order valence-corrected chi connectivity index (χ0v) is 18.9. The minimum atomic E-state index is -4.69. The molecule has 3 aromatic rings. The number of thiazole rings is 1. The number of nitrogens with one attached hydrogen (secondary N) is 1. The number of aliphatic hydroxyl groups is 1. The maximum Gasteiger partial charge on any atom is 0.451 e. The van der Waals surface area contributed by atoms with E-state index in [0.717, 1.165) is 17.3 Å². The molecule has 2 heterocycles. The normalized spacial score (nSPS) is 15.6. The number of hydrogen-bond donors (Lipinski definition) is 2. The minimum Gasteiger partial charge on any atom is -0.491 e. The first-order chi connectivity index (χ1) is 15.9. The molecule has 1 saturated carbocycles. The fourth-order valence-electron chi connectivity index (χ4n) is 3.05. The fraction of sp³-hybridized carbons (Fsp3) is 0.364. The third-order valence-electron chi connectivity index (χ3n) is 5.25. The Balaban J connectivity index is 1.60. The number of aryl methyl sites for hydroxylation is 1. The van der Waals surface area contributed by atoms with Gasteiger partial charge in [-0.3, -0.25) is 4.79 Å². The quantitative estimate of drug-likeness (QED) is 0.469. The van der Waals surface area contributed by atoms with Crippen LogP contribution in [-0.4, -0.2) is 38.2 Å². The van der Waals surface area contributed by atoms with Crippen molar-refractivity contribution in [2.75, 3.05) is 6.61 Å². The summed E-state index contributed by atoms with van der Waals surface area (Å²) in [5.74, 6) is -2.75. The van der Waals surface area contributed by atoms with E-state index in [4.69, 9.17) is 4.74 Å². The molecule has 2 N–H and O–H groups in total. The number of halogens is 4. The van der Waals surface area contributed by atoms with Crippen molar-refractivity contribution in [3.05, 3.63) is 58.4 Å². The van der Waals surface area contributed by atoms with Crippen LogP contribution >= 0.6 is 11.3 Å². The summed E-state index contributed by atoms with van der Waals surface area (Å²) in [6.45, 7) is 3.31. The second-order valence-electron chi connectivity index (χ2n) is 8.15. The van der Waals surface area contributed by atoms with Crippen LogP contribution < -0.4 is 10.1 Å². The van der Waals surface area contributed by atoms with Gasteiger partial charge in [0.05, 0.1) is 22.8 Å². The van der Waals surface area contributed by atoms with E-state index in [2.05, 4.69) is 20.3 Å². The number of aromatic nitrogens is 3. The van der Waals surface area contributed by atoms with Gasteiger partial charge in [-0.2, -0.15) is 13.2 Å². The lowest BCUT2D eigenvalue weighted by molar-refractivity contribution is -0.145. The highest BCUT2D eigenvalue weighted by Gasteiger charge is 2.41. The lowest BCUT2D eigenvalue weighted by atomic mass is 10.1. The fourth-order valence-corrected chi connectivity index (χ4v) is 3.83. The smallest absolute Gasteiger partial charge is 0.451 e. The summed E-state index contributed by atoms with van der Waals surface area (Å²) in [6, 6.07) is 1.83. The SMILES string of the molecule is Cc1cnc(-c2cc(OCC3(O)CC3)cc(C(=O)N[C@H](C)c3cnc(C(F)(F)F)nc3)c2F)s1. The predicted octanol–water partition coefficient (Wildman–Crippen LogP) is 4.46. The van der Waals surface area contributed by atoms with Crippen LogP contribution in [0.15, 0.2) is 30.7 Å². The van der Waals surface area contributed by atoms with Crippen LogP contribution in [0.5, 0.6) is 5.75 Å². The van der Waals surface area contributed by atoms with E-state index in [-0.39, 0.29) is 29.0 Å². The number of ether oxygens (including phenoxy) is 1. The van der Waals surface area contributed by atoms with E-state index in [1.807, 2.05) is 6.92 Å². The summed E-state index contributed by atoms with van der Waals surface area (Å²) < 4.78 is 59.1. The maximum absolute atomic E-state index is 15.4. The van der Waals surface area contributed by atoms with Crippen molar-refractivity contribution in [3.8, 4) is 16.3 Å². The van der Waals surface area contributed by atoms with Crippen LogP contribution in [0, 0.1) is 12.7 Å². The van der Waals surface area contributed by atoms with Gasteiger partial charge in [0.2, 0.25) is 5.82 Å². The molecule has 1 aliphatic rings. The Morgan fingerprint density at radius 2 is 1.91 bits per heavy atom. The van der Waals surface area contributed by atoms with Crippen molar-refractivity contribution < 1.29 is 32.2 Å². The van der Waals surface area contributed by atoms with Gasteiger partial charge in [-0.1, -0.05) is 0 Å². The molecule has 1 aromatic carbocycles. The molecule has 34 heavy (non-hydrogen) atoms. The molecule has 0 spiro atoms. The first-order valence-electron chi connectivity index (χ1n) is 10.3. The Bertz CT molecular complexity index is 1210. The van der Waals surface area contributed by atoms with Crippen molar-refractivity contribution in [3.63, 3.8) is 0 Å². The molecule has 2 aromatic heterocycles. The Labute approximate surface area is 195 Å². The van der Waals surface area contributed by atoms with Gasteiger partial charge in [-0.25, -0.2) is 19.3 Å². The van der Waals surface area contributed by atoms with Crippen LogP contribution in [0.1, 0.15) is 52.4 Å². The number of benzene rings is 1. The lowest BCUT2D eigenvalue weighted by Gasteiger charge is -2.17. The number of alkyl halides is 3. The van der Waals surface area contributed by atoms with E-state index in [9.17, 15) is 23.1 Å². The summed E-state index contributed by atoms with van der Waals surface area (Å²) in [5.41, 5.74) is -0.982. The average Bonchev–Trinajstić information content (AvgIpc) is 3.37. The summed E-state index contributed by atoms with van der Waals surface area (Å²) >= 11 is 1.24. The highest BCUT2D eigenvalue weighted by atomic mass is 32.1. The van der Waals surface area contributed by atoms with E-state index in [1.54, 1.807) is 6.20 Å². The van der Waals surface area contributed by atoms with Crippen molar-refractivity contribution in [2.45, 2.75) is 44.5 Å². The van der Waals surface area contributed by atoms with Gasteiger partial charge in [-0.15, -0.1) is 11.3 Å². The zero-order valence-electron chi connectivity index (χ0n) is 18.1. The molecule has 1 fully saturated rings. The number of hydrogen-bond acceptors (Lipinski definition) is 7. The second kappa shape index (κ2) is 8.91. The molecule has 180 valence electrons. The van der Waals surface area contributed by atoms with Crippen molar-refractivity contribution in [2.24, 2.45) is 0 Å². The molecule has 1 atom stereocenters. The largest absolute Gasteiger partial charge is 0.491 e. The lowest BCUT2D eigenvalue weighted by Crippen LogP contribution is -2.28. The van der Waals surface area contributed by atoms with Crippen LogP contribution in [-0.2, 0) is 6.18 Å². The zero-order chi connectivity index (χ0) is 24.7. The monoisotopic (exact) mass is 496 g/mol. The molecule has 0 saturated heterocycles. The Kier molecular flexibility index (Phi) is 6.30. The molecule has 0 unspecified atom stereocenters. The summed E-state index contributed by atoms with van der Waals surface area (Å²) in [7, 11) is 0. The molecule has 1 amide bonds. The molecule has 4 rings (SSSR count). The number of carbonyl (C=O) groups excluding carboxylic acids is 1. The van der Waals surface area contributed by atoms with Gasteiger partial charge in [0, 0.05) is 29.0 Å². The second-order valence-corrected chi connectivity index (χ2v) is 9.39. The topological polar surface area (TPSA) is 97.2 Å². The molecule has 0 radical (unpaired) electrons. The highest BCUT2D eigenvalue weighted by molar-refractivity contribution is 7.14. The number of rotatable bonds is 7. The van der Waals surface area contributed by atoms with Gasteiger partial charge in [-0.05, 0) is 38.8 Å². The van der Waals surface area contributed by atoms with E-state index in [1.165, 1.54) is 30.4 Å². The van der Waals surface area contributed by atoms with Crippen molar-refractivity contribution in [1.29, 1.82) is 0 Å². The summed E-state index contributed by atoms with van der Waals surface area (Å²) in [4.78, 5) is 24.5. The molecule has 0 bridgehead atoms. The van der Waals surface area contributed by atoms with Crippen molar-refractivity contribution in [1.82, 2.24) is 20.3 Å². The van der Waals surface area contributed by atoms with Crippen LogP contribution in [0.25, 0.3) is 10.6 Å². The van der Waals surface area contributed by atoms with Crippen molar-refractivity contribution >= 4 is 17.2 Å². The third-order valence-corrected chi connectivity index (χ3v) is 6.20. The predicted molar refractivity (Wildman–Crippen MR) is 115 cm³/mol. The number of nitrogens with zero attached hydrogens (tertiary/aromatic N) is 3. The highest BCUT2D eigenvalue weighted by Crippen LogP contribution is 2.37. The molecule has 1 aliphatic carbocycles. The van der Waals surface area contributed by atoms with Gasteiger partial charge in [0.1, 0.15) is 23.2 Å². The standard InChI is InChI=1S/C22H20F4N4O3S/c1-11-7-27-19(34-11)16-6-14(33-10-21(32)3-4-21)5-15(17(16)23)18(31)30-12(2)13-8-28-20(29-9-13)22(24,25)26/h5-9,12,32H,3-4,10H2,1-2H3,(H,30,31)/t12-/m1/s1. The molecule has 12 heteroatoms. The Morgan fingerprint density at radius 1 is 1.24 bits per heavy atom. The van der Waals surface area contributed by atoms with E-state index < -0.39 is 35.4 Å². The van der Waals surface area contributed by atoms with E-state index in [0.29, 0.717) is 17.8 Å². The molecule has 0 aliphatic heterocycles. The van der Waals surface area contributed by atoms with Gasteiger partial charge >= 0.3 is 6.18 Å². The van der Waals surface area contributed by atoms with E-state index >= 15 is 4.39 Å². The number of amides is 1. The Hall–Kier alpha value is -3.12. The number of carbonyl (C=O) groups is 1. The third kappa shape index (κ3) is 5.33. The van der Waals surface area contributed by atoms with Gasteiger partial charge in [0.15, 0.2) is 0 Å². The van der Waals surface area contributed by atoms with Gasteiger partial charge < -0.3 is 15.2 Å². The average molecular weight is 496 g/mol. The summed E-state index contributed by atoms with van der Waals surface area (Å²) in [5, 5.41) is 13.0. The molecule has 7 nitrogen and oxygen atoms in total. The molecular formula is C22H20F4N4O3S. The summed E-state index contributed by atoms with van der Waals surface area (Å²) in [6.07, 6.45) is -0.0216. The van der Waals surface area contributed by atoms with Crippen LogP contribution in [0.4, 0.5) is 17.6 Å². The van der Waals surface area contributed by atoms with Crippen LogP contribution in [0.2, 0.25) is 0 Å². The van der Waals surface area contributed by atoms with Crippen LogP contribution in [0.3, 0.4) is 0 Å².